The van der Waals surface area contributed by atoms with E-state index in [9.17, 15) is 22.4 Å². The van der Waals surface area contributed by atoms with E-state index in [1.807, 2.05) is 0 Å². The molecule has 152 valence electrons. The van der Waals surface area contributed by atoms with E-state index in [0.717, 1.165) is 37.5 Å². The van der Waals surface area contributed by atoms with E-state index < -0.39 is 18.3 Å². The van der Waals surface area contributed by atoms with Crippen molar-refractivity contribution in [2.45, 2.75) is 57.5 Å². The van der Waals surface area contributed by atoms with Crippen molar-refractivity contribution in [2.75, 3.05) is 13.1 Å². The molecule has 1 aromatic rings. The van der Waals surface area contributed by atoms with Gasteiger partial charge in [0.25, 0.3) is 5.89 Å². The van der Waals surface area contributed by atoms with Crippen LogP contribution in [-0.4, -0.2) is 58.3 Å². The van der Waals surface area contributed by atoms with E-state index in [-0.39, 0.29) is 17.8 Å². The van der Waals surface area contributed by atoms with Gasteiger partial charge in [0.1, 0.15) is 11.9 Å². The molecule has 2 aliphatic rings. The number of carbonyl (C=O) groups is 2. The zero-order chi connectivity index (χ0) is 20.2. The van der Waals surface area contributed by atoms with Crippen LogP contribution in [0.1, 0.15) is 48.3 Å². The number of nitrogens with zero attached hydrogens (tertiary/aromatic N) is 2. The molecule has 0 bridgehead atoms. The van der Waals surface area contributed by atoms with Gasteiger partial charge in [-0.1, -0.05) is 6.92 Å². The second kappa shape index (κ2) is 8.68. The van der Waals surface area contributed by atoms with Gasteiger partial charge < -0.3 is 14.8 Å². The summed E-state index contributed by atoms with van der Waals surface area (Å²) >= 11 is 0. The molecule has 2 atom stereocenters. The van der Waals surface area contributed by atoms with Crippen molar-refractivity contribution in [1.82, 2.24) is 15.2 Å². The summed E-state index contributed by atoms with van der Waals surface area (Å²) in [5, 5.41) is 9.94. The normalized spacial score (nSPS) is 22.6. The maximum atomic E-state index is 13.1. The monoisotopic (exact) mass is 395 g/mol. The lowest BCUT2D eigenvalue weighted by atomic mass is 10.2. The largest absolute Gasteiger partial charge is 0.490 e. The van der Waals surface area contributed by atoms with E-state index in [4.69, 9.17) is 14.3 Å². The van der Waals surface area contributed by atoms with E-state index in [1.165, 1.54) is 0 Å². The zero-order valence-corrected chi connectivity index (χ0v) is 14.7. The highest BCUT2D eigenvalue weighted by atomic mass is 19.4. The molecule has 1 aliphatic heterocycles. The van der Waals surface area contributed by atoms with Gasteiger partial charge in [-0.25, -0.2) is 14.2 Å². The number of oxazole rings is 1. The lowest BCUT2D eigenvalue weighted by Gasteiger charge is -2.22. The van der Waals surface area contributed by atoms with Gasteiger partial charge in [0.15, 0.2) is 0 Å². The first-order valence-corrected chi connectivity index (χ1v) is 8.56. The fourth-order valence-corrected chi connectivity index (χ4v) is 2.92. The summed E-state index contributed by atoms with van der Waals surface area (Å²) < 4.78 is 50.4. The third-order valence-corrected chi connectivity index (χ3v) is 4.39. The topological polar surface area (TPSA) is 95.7 Å². The van der Waals surface area contributed by atoms with E-state index in [1.54, 1.807) is 0 Å². The quantitative estimate of drug-likeness (QED) is 0.763. The Morgan fingerprint density at radius 1 is 1.37 bits per heavy atom. The van der Waals surface area contributed by atoms with Crippen molar-refractivity contribution in [3.05, 3.63) is 17.3 Å². The van der Waals surface area contributed by atoms with Gasteiger partial charge in [-0.15, -0.1) is 0 Å². The van der Waals surface area contributed by atoms with Crippen molar-refractivity contribution in [2.24, 2.45) is 0 Å². The van der Waals surface area contributed by atoms with Gasteiger partial charge >= 0.3 is 18.1 Å². The summed E-state index contributed by atoms with van der Waals surface area (Å²) in [6, 6.07) is -0.0893. The van der Waals surface area contributed by atoms with Crippen LogP contribution in [0.3, 0.4) is 0 Å². The Morgan fingerprint density at radius 2 is 2.04 bits per heavy atom. The highest BCUT2D eigenvalue weighted by Crippen LogP contribution is 2.23. The molecule has 0 saturated heterocycles. The van der Waals surface area contributed by atoms with Crippen LogP contribution in [0.4, 0.5) is 17.6 Å². The minimum absolute atomic E-state index is 0.0893. The Morgan fingerprint density at radius 3 is 2.56 bits per heavy atom. The van der Waals surface area contributed by atoms with Crippen LogP contribution in [0.15, 0.2) is 4.42 Å². The number of alkyl halides is 4. The average Bonchev–Trinajstić information content (AvgIpc) is 3.19. The fourth-order valence-electron chi connectivity index (χ4n) is 2.92. The Balaban J connectivity index is 0.000000321. The van der Waals surface area contributed by atoms with Gasteiger partial charge in [0.05, 0.1) is 5.69 Å². The van der Waals surface area contributed by atoms with Crippen LogP contribution in [0.25, 0.3) is 0 Å². The smallest absolute Gasteiger partial charge is 0.475 e. The number of nitrogens with one attached hydrogen (secondary N) is 1. The molecule has 1 aliphatic carbocycles. The summed E-state index contributed by atoms with van der Waals surface area (Å²) in [6.45, 7) is 4.74. The summed E-state index contributed by atoms with van der Waals surface area (Å²) in [5.41, 5.74) is 0.859. The summed E-state index contributed by atoms with van der Waals surface area (Å²) in [4.78, 5) is 27.5. The minimum atomic E-state index is -5.08. The van der Waals surface area contributed by atoms with Gasteiger partial charge in [0.2, 0.25) is 0 Å². The maximum absolute atomic E-state index is 13.1. The number of carboxylic acids is 1. The molecule has 1 amide bonds. The number of hydrogen-bond acceptors (Lipinski definition) is 5. The fraction of sp³-hybridized carbons (Fsp3) is 0.688. The van der Waals surface area contributed by atoms with E-state index in [2.05, 4.69) is 22.1 Å². The molecule has 0 spiro atoms. The van der Waals surface area contributed by atoms with E-state index in [0.29, 0.717) is 19.3 Å². The number of carboxylic acid groups (broad SMARTS) is 1. The second-order valence-electron chi connectivity index (χ2n) is 6.39. The third-order valence-electron chi connectivity index (χ3n) is 4.39. The highest BCUT2D eigenvalue weighted by molar-refractivity contribution is 5.90. The third kappa shape index (κ3) is 5.91. The molecule has 2 N–H and O–H groups in total. The van der Waals surface area contributed by atoms with Crippen molar-refractivity contribution >= 4 is 11.9 Å². The number of fused-ring (bicyclic) bond motifs is 1. The predicted molar refractivity (Wildman–Crippen MR) is 84.9 cm³/mol. The molecule has 1 saturated carbocycles. The summed E-state index contributed by atoms with van der Waals surface area (Å²) in [5.74, 6) is -2.14. The molecule has 2 heterocycles. The van der Waals surface area contributed by atoms with Crippen molar-refractivity contribution in [3.8, 4) is 0 Å². The van der Waals surface area contributed by atoms with Crippen LogP contribution < -0.4 is 5.32 Å². The van der Waals surface area contributed by atoms with Crippen LogP contribution in [0, 0.1) is 0 Å². The number of carbonyl (C=O) groups excluding carboxylic acids is 1. The number of aliphatic carboxylic acids is 1. The number of hydrogen-bond donors (Lipinski definition) is 2. The number of halogens is 4. The SMILES string of the molecule is CCN1CCc2oc(C(=O)N[C@@H]3CC[C@@H](F)C3)nc2C1.O=C(O)C(F)(F)F. The Bertz CT molecular complexity index is 677. The van der Waals surface area contributed by atoms with Gasteiger partial charge in [-0.05, 0) is 25.8 Å². The van der Waals surface area contributed by atoms with Crippen LogP contribution in [0.2, 0.25) is 0 Å². The van der Waals surface area contributed by atoms with Crippen molar-refractivity contribution in [3.63, 3.8) is 0 Å². The Kier molecular flexibility index (Phi) is 6.79. The van der Waals surface area contributed by atoms with Crippen LogP contribution in [-0.2, 0) is 17.8 Å². The number of rotatable bonds is 3. The van der Waals surface area contributed by atoms with E-state index >= 15 is 0 Å². The highest BCUT2D eigenvalue weighted by Gasteiger charge is 2.38. The molecule has 0 radical (unpaired) electrons. The molecule has 3 rings (SSSR count). The lowest BCUT2D eigenvalue weighted by Crippen LogP contribution is -2.33. The average molecular weight is 395 g/mol. The second-order valence-corrected chi connectivity index (χ2v) is 6.39. The first-order chi connectivity index (χ1) is 12.6. The molecule has 0 unspecified atom stereocenters. The predicted octanol–water partition coefficient (Wildman–Crippen LogP) is 2.31. The molecular formula is C16H21F4N3O4. The molecular weight excluding hydrogens is 374 g/mol. The molecule has 1 aromatic heterocycles. The maximum Gasteiger partial charge on any atom is 0.490 e. The van der Waals surface area contributed by atoms with Crippen molar-refractivity contribution in [1.29, 1.82) is 0 Å². The van der Waals surface area contributed by atoms with Gasteiger partial charge in [-0.2, -0.15) is 13.2 Å². The number of aromatic nitrogens is 1. The standard InChI is InChI=1S/C14H20FN3O2.C2HF3O2/c1-2-18-6-5-12-11(8-18)17-14(20-12)13(19)16-10-4-3-9(15)7-10;3-2(4,5)1(6)7/h9-10H,2-8H2,1H3,(H,16,19);(H,6,7)/t9-,10-;/m1./s1. The first kappa shape index (κ1) is 21.1. The molecule has 27 heavy (non-hydrogen) atoms. The van der Waals surface area contributed by atoms with Crippen LogP contribution in [0.5, 0.6) is 0 Å². The van der Waals surface area contributed by atoms with Gasteiger partial charge in [0, 0.05) is 25.6 Å². The lowest BCUT2D eigenvalue weighted by molar-refractivity contribution is -0.192. The van der Waals surface area contributed by atoms with Crippen molar-refractivity contribution < 1.29 is 36.7 Å². The minimum Gasteiger partial charge on any atom is -0.475 e. The van der Waals surface area contributed by atoms with Crippen LogP contribution >= 0.6 is 0 Å². The number of likely N-dealkylation sites (N-methyl/N-ethyl adjacent to an activating group) is 1. The molecule has 0 aromatic carbocycles. The summed E-state index contributed by atoms with van der Waals surface area (Å²) in [6.07, 6.45) is -3.47. The summed E-state index contributed by atoms with van der Waals surface area (Å²) in [7, 11) is 0. The Labute approximate surface area is 152 Å². The zero-order valence-electron chi connectivity index (χ0n) is 14.7. The number of amides is 1. The molecule has 1 fully saturated rings. The first-order valence-electron chi connectivity index (χ1n) is 8.56. The van der Waals surface area contributed by atoms with Gasteiger partial charge in [-0.3, -0.25) is 9.69 Å². The molecule has 7 nitrogen and oxygen atoms in total. The Hall–Kier alpha value is -2.17. The molecule has 11 heteroatoms.